The van der Waals surface area contributed by atoms with Crippen LogP contribution in [0.1, 0.15) is 30.7 Å². The van der Waals surface area contributed by atoms with Crippen LogP contribution >= 0.6 is 24.0 Å². The normalized spacial score (nSPS) is 22.4. The van der Waals surface area contributed by atoms with Crippen LogP contribution in [-0.4, -0.2) is 49.8 Å². The molecule has 34 heavy (non-hydrogen) atoms. The van der Waals surface area contributed by atoms with Crippen molar-refractivity contribution in [1.82, 2.24) is 14.3 Å². The van der Waals surface area contributed by atoms with Crippen LogP contribution in [0.2, 0.25) is 0 Å². The SMILES string of the molecule is Cc1ccc2nc(N3CC(C)OC(C)C3)c(C=C3SC(=S)N(Cc4ccco4)C3=O)c(=O)n2c1. The van der Waals surface area contributed by atoms with Crippen molar-refractivity contribution < 1.29 is 13.9 Å². The van der Waals surface area contributed by atoms with Gasteiger partial charge in [0.1, 0.15) is 21.5 Å². The average Bonchev–Trinajstić information content (AvgIpc) is 3.39. The molecule has 2 aliphatic rings. The van der Waals surface area contributed by atoms with Crippen molar-refractivity contribution in [2.45, 2.75) is 39.5 Å². The number of ether oxygens (including phenoxy) is 1. The molecule has 0 bridgehead atoms. The number of carbonyl (C=O) groups excluding carboxylic acids is 1. The third kappa shape index (κ3) is 4.28. The third-order valence-electron chi connectivity index (χ3n) is 5.75. The zero-order chi connectivity index (χ0) is 24.0. The first kappa shape index (κ1) is 22.8. The number of rotatable bonds is 4. The van der Waals surface area contributed by atoms with Crippen LogP contribution in [0.25, 0.3) is 11.7 Å². The number of thiocarbonyl (C=S) groups is 1. The number of furan rings is 1. The van der Waals surface area contributed by atoms with Gasteiger partial charge in [0, 0.05) is 19.3 Å². The Morgan fingerprint density at radius 1 is 1.21 bits per heavy atom. The predicted molar refractivity (Wildman–Crippen MR) is 136 cm³/mol. The molecular weight excluding hydrogens is 472 g/mol. The number of hydrogen-bond donors (Lipinski definition) is 0. The van der Waals surface area contributed by atoms with Gasteiger partial charge in [0.05, 0.1) is 35.5 Å². The van der Waals surface area contributed by atoms with Crippen LogP contribution in [0.4, 0.5) is 5.82 Å². The number of aryl methyl sites for hydroxylation is 1. The summed E-state index contributed by atoms with van der Waals surface area (Å²) in [5.74, 6) is 0.930. The minimum absolute atomic E-state index is 0.0126. The number of morpholine rings is 1. The van der Waals surface area contributed by atoms with Crippen LogP contribution in [0.3, 0.4) is 0 Å². The van der Waals surface area contributed by atoms with E-state index in [1.54, 1.807) is 30.7 Å². The first-order chi connectivity index (χ1) is 16.3. The molecule has 0 radical (unpaired) electrons. The maximum Gasteiger partial charge on any atom is 0.267 e. The lowest BCUT2D eigenvalue weighted by Gasteiger charge is -2.36. The molecule has 0 aliphatic carbocycles. The molecule has 2 atom stereocenters. The van der Waals surface area contributed by atoms with E-state index in [1.165, 1.54) is 21.1 Å². The molecule has 1 amide bonds. The van der Waals surface area contributed by atoms with Crippen LogP contribution < -0.4 is 10.5 Å². The molecule has 10 heteroatoms. The van der Waals surface area contributed by atoms with Gasteiger partial charge in [-0.05, 0) is 50.6 Å². The van der Waals surface area contributed by atoms with E-state index in [9.17, 15) is 9.59 Å². The summed E-state index contributed by atoms with van der Waals surface area (Å²) in [5, 5.41) is 0. The smallest absolute Gasteiger partial charge is 0.267 e. The Morgan fingerprint density at radius 2 is 1.97 bits per heavy atom. The quantitative estimate of drug-likeness (QED) is 0.400. The van der Waals surface area contributed by atoms with Crippen LogP contribution in [0.15, 0.2) is 50.8 Å². The molecule has 8 nitrogen and oxygen atoms in total. The molecule has 0 aromatic carbocycles. The minimum atomic E-state index is -0.255. The lowest BCUT2D eigenvalue weighted by Crippen LogP contribution is -2.46. The van der Waals surface area contributed by atoms with E-state index < -0.39 is 0 Å². The van der Waals surface area contributed by atoms with Crippen molar-refractivity contribution in [3.63, 3.8) is 0 Å². The number of hydrogen-bond acceptors (Lipinski definition) is 8. The van der Waals surface area contributed by atoms with Gasteiger partial charge in [-0.15, -0.1) is 0 Å². The fourth-order valence-electron chi connectivity index (χ4n) is 4.29. The monoisotopic (exact) mass is 496 g/mol. The molecule has 0 spiro atoms. The highest BCUT2D eigenvalue weighted by atomic mass is 32.2. The van der Waals surface area contributed by atoms with Crippen LogP contribution in [0.5, 0.6) is 0 Å². The van der Waals surface area contributed by atoms with E-state index in [1.807, 2.05) is 32.9 Å². The van der Waals surface area contributed by atoms with E-state index in [2.05, 4.69) is 4.90 Å². The Bertz CT molecular complexity index is 1360. The summed E-state index contributed by atoms with van der Waals surface area (Å²) < 4.78 is 13.2. The van der Waals surface area contributed by atoms with Gasteiger partial charge in [-0.2, -0.15) is 0 Å². The van der Waals surface area contributed by atoms with E-state index in [0.717, 1.165) is 5.56 Å². The average molecular weight is 497 g/mol. The van der Waals surface area contributed by atoms with Gasteiger partial charge >= 0.3 is 0 Å². The maximum absolute atomic E-state index is 13.7. The number of amides is 1. The highest BCUT2D eigenvalue weighted by Gasteiger charge is 2.34. The lowest BCUT2D eigenvalue weighted by molar-refractivity contribution is -0.122. The van der Waals surface area contributed by atoms with Gasteiger partial charge in [-0.1, -0.05) is 30.0 Å². The first-order valence-corrected chi connectivity index (χ1v) is 12.2. The minimum Gasteiger partial charge on any atom is -0.467 e. The fraction of sp³-hybridized carbons (Fsp3) is 0.333. The Labute approximate surface area is 206 Å². The molecular formula is C24H24N4O4S2. The molecule has 0 saturated carbocycles. The van der Waals surface area contributed by atoms with Crippen molar-refractivity contribution in [3.8, 4) is 0 Å². The van der Waals surface area contributed by atoms with Gasteiger partial charge in [0.15, 0.2) is 0 Å². The number of thioether (sulfide) groups is 1. The van der Waals surface area contributed by atoms with Gasteiger partial charge < -0.3 is 14.1 Å². The summed E-state index contributed by atoms with van der Waals surface area (Å²) in [6, 6.07) is 7.32. The van der Waals surface area contributed by atoms with Crippen molar-refractivity contribution in [1.29, 1.82) is 0 Å². The Balaban J connectivity index is 1.61. The second kappa shape index (κ2) is 9.01. The Morgan fingerprint density at radius 3 is 2.68 bits per heavy atom. The summed E-state index contributed by atoms with van der Waals surface area (Å²) in [6.45, 7) is 7.36. The molecule has 176 valence electrons. The second-order valence-corrected chi connectivity index (χ2v) is 10.3. The first-order valence-electron chi connectivity index (χ1n) is 11.0. The molecule has 3 aromatic heterocycles. The van der Waals surface area contributed by atoms with Gasteiger partial charge in [-0.25, -0.2) is 4.98 Å². The van der Waals surface area contributed by atoms with Crippen LogP contribution in [0, 0.1) is 6.92 Å². The number of fused-ring (bicyclic) bond motifs is 1. The fourth-order valence-corrected chi connectivity index (χ4v) is 5.53. The summed E-state index contributed by atoms with van der Waals surface area (Å²) in [4.78, 5) is 35.7. The summed E-state index contributed by atoms with van der Waals surface area (Å²) in [5.41, 5.74) is 1.63. The second-order valence-electron chi connectivity index (χ2n) is 8.60. The molecule has 2 saturated heterocycles. The molecule has 2 fully saturated rings. The van der Waals surface area contributed by atoms with E-state index in [0.29, 0.717) is 45.1 Å². The number of nitrogens with zero attached hydrogens (tertiary/aromatic N) is 4. The number of anilines is 1. The van der Waals surface area contributed by atoms with Gasteiger partial charge in [-0.3, -0.25) is 18.9 Å². The predicted octanol–water partition coefficient (Wildman–Crippen LogP) is 3.61. The molecule has 3 aromatic rings. The van der Waals surface area contributed by atoms with E-state index in [-0.39, 0.29) is 30.2 Å². The number of carbonyl (C=O) groups is 1. The molecule has 2 unspecified atom stereocenters. The zero-order valence-electron chi connectivity index (χ0n) is 19.1. The van der Waals surface area contributed by atoms with Gasteiger partial charge in [0.25, 0.3) is 11.5 Å². The Hall–Kier alpha value is -2.95. The van der Waals surface area contributed by atoms with Crippen molar-refractivity contribution >= 4 is 51.7 Å². The van der Waals surface area contributed by atoms with E-state index >= 15 is 0 Å². The van der Waals surface area contributed by atoms with Crippen LogP contribution in [-0.2, 0) is 16.1 Å². The van der Waals surface area contributed by atoms with Crippen molar-refractivity contribution in [2.75, 3.05) is 18.0 Å². The standard InChI is InChI=1S/C24H24N4O4S2/c1-14-6-7-20-25-21(26-11-15(2)32-16(3)12-26)18(22(29)27(20)10-14)9-19-23(30)28(24(33)34-19)13-17-5-4-8-31-17/h4-10,15-16H,11-13H2,1-3H3. The maximum atomic E-state index is 13.7. The Kier molecular flexibility index (Phi) is 6.05. The third-order valence-corrected chi connectivity index (χ3v) is 7.13. The molecule has 5 heterocycles. The lowest BCUT2D eigenvalue weighted by atomic mass is 10.1. The highest BCUT2D eigenvalue weighted by molar-refractivity contribution is 8.26. The topological polar surface area (TPSA) is 80.3 Å². The number of aromatic nitrogens is 2. The molecule has 0 N–H and O–H groups in total. The van der Waals surface area contributed by atoms with E-state index in [4.69, 9.17) is 26.4 Å². The van der Waals surface area contributed by atoms with Crippen molar-refractivity contribution in [2.24, 2.45) is 0 Å². The highest BCUT2D eigenvalue weighted by Crippen LogP contribution is 2.35. The molecule has 5 rings (SSSR count). The largest absolute Gasteiger partial charge is 0.467 e. The van der Waals surface area contributed by atoms with Gasteiger partial charge in [0.2, 0.25) is 0 Å². The number of pyridine rings is 1. The molecule has 2 aliphatic heterocycles. The summed E-state index contributed by atoms with van der Waals surface area (Å²) in [6.07, 6.45) is 4.93. The zero-order valence-corrected chi connectivity index (χ0v) is 20.7. The summed E-state index contributed by atoms with van der Waals surface area (Å²) in [7, 11) is 0. The van der Waals surface area contributed by atoms with Crippen molar-refractivity contribution in [3.05, 3.63) is 68.9 Å². The summed E-state index contributed by atoms with van der Waals surface area (Å²) >= 11 is 6.64.